The molecule has 0 bridgehead atoms. The van der Waals surface area contributed by atoms with Crippen LogP contribution in [0.25, 0.3) is 0 Å². The lowest BCUT2D eigenvalue weighted by atomic mass is 10.2. The smallest absolute Gasteiger partial charge is 0.251 e. The number of hydrogen-bond donors (Lipinski definition) is 2. The first kappa shape index (κ1) is 13.0. The zero-order valence-corrected chi connectivity index (χ0v) is 11.0. The number of amides is 1. The number of nitrogens with two attached hydrogens (primary N) is 1. The van der Waals surface area contributed by atoms with Crippen molar-refractivity contribution < 1.29 is 4.79 Å². The fourth-order valence-corrected chi connectivity index (χ4v) is 1.43. The van der Waals surface area contributed by atoms with Gasteiger partial charge in [0.1, 0.15) is 0 Å². The summed E-state index contributed by atoms with van der Waals surface area (Å²) in [4.78, 5) is 13.7. The van der Waals surface area contributed by atoms with Gasteiger partial charge in [0.05, 0.1) is 0 Å². The van der Waals surface area contributed by atoms with Crippen molar-refractivity contribution in [3.05, 3.63) is 28.2 Å². The van der Waals surface area contributed by atoms with Crippen molar-refractivity contribution in [1.29, 1.82) is 0 Å². The van der Waals surface area contributed by atoms with Gasteiger partial charge in [-0.25, -0.2) is 0 Å². The van der Waals surface area contributed by atoms with E-state index in [0.29, 0.717) is 17.8 Å². The predicted octanol–water partition coefficient (Wildman–Crippen LogP) is 1.32. The quantitative estimate of drug-likeness (QED) is 0.821. The van der Waals surface area contributed by atoms with Gasteiger partial charge in [-0.2, -0.15) is 0 Å². The molecular weight excluding hydrogens is 270 g/mol. The average molecular weight is 286 g/mol. The second kappa shape index (κ2) is 5.86. The molecule has 5 heteroatoms. The molecule has 0 aliphatic heterocycles. The molecule has 0 aliphatic rings. The minimum absolute atomic E-state index is 0.0962. The van der Waals surface area contributed by atoms with Gasteiger partial charge in [-0.05, 0) is 48.2 Å². The highest BCUT2D eigenvalue weighted by Crippen LogP contribution is 2.19. The van der Waals surface area contributed by atoms with Crippen LogP contribution in [0.4, 0.5) is 5.69 Å². The largest absolute Gasteiger partial charge is 0.398 e. The van der Waals surface area contributed by atoms with E-state index in [-0.39, 0.29) is 5.91 Å². The number of hydrogen-bond acceptors (Lipinski definition) is 3. The number of nitrogens with one attached hydrogen (secondary N) is 1. The first-order valence-corrected chi connectivity index (χ1v) is 5.78. The lowest BCUT2D eigenvalue weighted by molar-refractivity contribution is 0.0951. The molecule has 0 radical (unpaired) electrons. The Morgan fingerprint density at radius 3 is 2.75 bits per heavy atom. The maximum atomic E-state index is 11.7. The first-order chi connectivity index (χ1) is 7.50. The topological polar surface area (TPSA) is 58.4 Å². The maximum absolute atomic E-state index is 11.7. The van der Waals surface area contributed by atoms with Crippen molar-refractivity contribution >= 4 is 27.5 Å². The fraction of sp³-hybridized carbons (Fsp3) is 0.364. The third-order valence-corrected chi connectivity index (χ3v) is 2.82. The van der Waals surface area contributed by atoms with Gasteiger partial charge in [0.2, 0.25) is 0 Å². The molecular formula is C11H16BrN3O. The number of anilines is 1. The molecule has 1 amide bonds. The van der Waals surface area contributed by atoms with Crippen LogP contribution in [0.5, 0.6) is 0 Å². The van der Waals surface area contributed by atoms with Crippen LogP contribution >= 0.6 is 15.9 Å². The van der Waals surface area contributed by atoms with Crippen molar-refractivity contribution in [2.45, 2.75) is 0 Å². The fourth-order valence-electron chi connectivity index (χ4n) is 1.18. The normalized spacial score (nSPS) is 10.5. The van der Waals surface area contributed by atoms with E-state index in [1.54, 1.807) is 18.2 Å². The molecule has 0 aliphatic carbocycles. The van der Waals surface area contributed by atoms with Crippen LogP contribution < -0.4 is 11.1 Å². The van der Waals surface area contributed by atoms with Gasteiger partial charge in [0, 0.05) is 28.8 Å². The van der Waals surface area contributed by atoms with E-state index in [9.17, 15) is 4.79 Å². The molecule has 0 fully saturated rings. The molecule has 3 N–H and O–H groups in total. The molecule has 1 aromatic rings. The number of carbonyl (C=O) groups excluding carboxylic acids is 1. The Balaban J connectivity index is 2.56. The molecule has 0 saturated heterocycles. The molecule has 0 heterocycles. The average Bonchev–Trinajstić information content (AvgIpc) is 2.21. The zero-order chi connectivity index (χ0) is 12.1. The van der Waals surface area contributed by atoms with Crippen molar-refractivity contribution in [2.75, 3.05) is 32.9 Å². The molecule has 1 aromatic carbocycles. The van der Waals surface area contributed by atoms with Crippen LogP contribution in [0, 0.1) is 0 Å². The van der Waals surface area contributed by atoms with Crippen LogP contribution in [0.3, 0.4) is 0 Å². The van der Waals surface area contributed by atoms with Crippen LogP contribution in [0.15, 0.2) is 22.7 Å². The standard InChI is InChI=1S/C11H16BrN3O/c1-15(2)6-5-14-11(16)8-3-4-9(12)10(13)7-8/h3-4,7H,5-6,13H2,1-2H3,(H,14,16). The molecule has 4 nitrogen and oxygen atoms in total. The number of halogens is 1. The van der Waals surface area contributed by atoms with Crippen LogP contribution in [0.1, 0.15) is 10.4 Å². The number of likely N-dealkylation sites (N-methyl/N-ethyl adjacent to an activating group) is 1. The molecule has 16 heavy (non-hydrogen) atoms. The van der Waals surface area contributed by atoms with E-state index in [0.717, 1.165) is 11.0 Å². The number of carbonyl (C=O) groups is 1. The molecule has 0 atom stereocenters. The van der Waals surface area contributed by atoms with Crippen molar-refractivity contribution in [3.63, 3.8) is 0 Å². The van der Waals surface area contributed by atoms with Gasteiger partial charge in [-0.3, -0.25) is 4.79 Å². The Morgan fingerprint density at radius 2 is 2.19 bits per heavy atom. The Bertz CT molecular complexity index is 379. The maximum Gasteiger partial charge on any atom is 0.251 e. The van der Waals surface area contributed by atoms with E-state index in [1.807, 2.05) is 19.0 Å². The molecule has 1 rings (SSSR count). The molecule has 0 unspecified atom stereocenters. The minimum atomic E-state index is -0.0962. The Labute approximate surface area is 104 Å². The summed E-state index contributed by atoms with van der Waals surface area (Å²) in [6, 6.07) is 5.18. The number of benzene rings is 1. The lowest BCUT2D eigenvalue weighted by Gasteiger charge is -2.10. The molecule has 88 valence electrons. The van der Waals surface area contributed by atoms with E-state index < -0.39 is 0 Å². The second-order valence-electron chi connectivity index (χ2n) is 3.80. The van der Waals surface area contributed by atoms with Gasteiger partial charge in [-0.15, -0.1) is 0 Å². The van der Waals surface area contributed by atoms with Gasteiger partial charge in [-0.1, -0.05) is 0 Å². The van der Waals surface area contributed by atoms with Crippen LogP contribution in [-0.4, -0.2) is 38.0 Å². The first-order valence-electron chi connectivity index (χ1n) is 4.98. The summed E-state index contributed by atoms with van der Waals surface area (Å²) < 4.78 is 0.803. The molecule has 0 saturated carbocycles. The van der Waals surface area contributed by atoms with Crippen molar-refractivity contribution in [1.82, 2.24) is 10.2 Å². The highest BCUT2D eigenvalue weighted by Gasteiger charge is 2.06. The Hall–Kier alpha value is -1.07. The SMILES string of the molecule is CN(C)CCNC(=O)c1ccc(Br)c(N)c1. The third kappa shape index (κ3) is 3.83. The van der Waals surface area contributed by atoms with E-state index in [2.05, 4.69) is 21.2 Å². The summed E-state index contributed by atoms with van der Waals surface area (Å²) in [6.07, 6.45) is 0. The van der Waals surface area contributed by atoms with Gasteiger partial charge in [0.15, 0.2) is 0 Å². The molecule has 0 spiro atoms. The molecule has 0 aromatic heterocycles. The summed E-state index contributed by atoms with van der Waals surface area (Å²) >= 11 is 3.29. The summed E-state index contributed by atoms with van der Waals surface area (Å²) in [6.45, 7) is 1.44. The highest BCUT2D eigenvalue weighted by molar-refractivity contribution is 9.10. The predicted molar refractivity (Wildman–Crippen MR) is 69.4 cm³/mol. The third-order valence-electron chi connectivity index (χ3n) is 2.10. The van der Waals surface area contributed by atoms with Crippen LogP contribution in [-0.2, 0) is 0 Å². The van der Waals surface area contributed by atoms with Crippen LogP contribution in [0.2, 0.25) is 0 Å². The summed E-state index contributed by atoms with van der Waals surface area (Å²) in [5.74, 6) is -0.0962. The monoisotopic (exact) mass is 285 g/mol. The van der Waals surface area contributed by atoms with Crippen molar-refractivity contribution in [3.8, 4) is 0 Å². The van der Waals surface area contributed by atoms with Gasteiger partial charge < -0.3 is 16.0 Å². The Kier molecular flexibility index (Phi) is 4.76. The van der Waals surface area contributed by atoms with Gasteiger partial charge in [0.25, 0.3) is 5.91 Å². The number of nitrogen functional groups attached to an aromatic ring is 1. The summed E-state index contributed by atoms with van der Waals surface area (Å²) in [7, 11) is 3.92. The Morgan fingerprint density at radius 1 is 1.50 bits per heavy atom. The van der Waals surface area contributed by atoms with Crippen molar-refractivity contribution in [2.24, 2.45) is 0 Å². The lowest BCUT2D eigenvalue weighted by Crippen LogP contribution is -2.31. The number of nitrogens with zero attached hydrogens (tertiary/aromatic N) is 1. The minimum Gasteiger partial charge on any atom is -0.398 e. The van der Waals surface area contributed by atoms with E-state index >= 15 is 0 Å². The van der Waals surface area contributed by atoms with E-state index in [1.165, 1.54) is 0 Å². The highest BCUT2D eigenvalue weighted by atomic mass is 79.9. The second-order valence-corrected chi connectivity index (χ2v) is 4.65. The summed E-state index contributed by atoms with van der Waals surface area (Å²) in [5, 5.41) is 2.83. The van der Waals surface area contributed by atoms with E-state index in [4.69, 9.17) is 5.73 Å². The van der Waals surface area contributed by atoms with Gasteiger partial charge >= 0.3 is 0 Å². The summed E-state index contributed by atoms with van der Waals surface area (Å²) in [5.41, 5.74) is 6.85. The zero-order valence-electron chi connectivity index (χ0n) is 9.46. The number of rotatable bonds is 4.